The summed E-state index contributed by atoms with van der Waals surface area (Å²) in [6.45, 7) is 2.92. The lowest BCUT2D eigenvalue weighted by Gasteiger charge is -2.34. The summed E-state index contributed by atoms with van der Waals surface area (Å²) in [5.41, 5.74) is 13.6. The van der Waals surface area contributed by atoms with Gasteiger partial charge in [0.05, 0.1) is 30.7 Å². The van der Waals surface area contributed by atoms with E-state index in [1.807, 2.05) is 13.8 Å². The number of sulfonamides is 1. The smallest absolute Gasteiger partial charge is 0.417 e. The van der Waals surface area contributed by atoms with Crippen molar-refractivity contribution in [3.05, 3.63) is 118 Å². The highest BCUT2D eigenvalue weighted by molar-refractivity contribution is 7.89. The van der Waals surface area contributed by atoms with Crippen molar-refractivity contribution in [3.63, 3.8) is 0 Å². The molecule has 3 atom stereocenters. The summed E-state index contributed by atoms with van der Waals surface area (Å²) in [6, 6.07) is 18.9. The van der Waals surface area contributed by atoms with Gasteiger partial charge in [-0.25, -0.2) is 18.1 Å². The lowest BCUT2D eigenvalue weighted by molar-refractivity contribution is -0.186. The van der Waals surface area contributed by atoms with Crippen LogP contribution in [0.25, 0.3) is 0 Å². The normalized spacial score (nSPS) is 14.0. The van der Waals surface area contributed by atoms with E-state index in [0.717, 1.165) is 17.5 Å². The number of carbonyl (C=O) groups is 2. The molecule has 0 aliphatic rings. The Morgan fingerprint density at radius 3 is 1.88 bits per heavy atom. The first-order valence-corrected chi connectivity index (χ1v) is 18.3. The summed E-state index contributed by atoms with van der Waals surface area (Å²) in [7, 11) is -3.44. The molecule has 51 heavy (non-hydrogen) atoms. The van der Waals surface area contributed by atoms with Crippen LogP contribution in [0, 0.1) is 5.92 Å². The summed E-state index contributed by atoms with van der Waals surface area (Å²) in [5.74, 6) is -2.24. The van der Waals surface area contributed by atoms with Gasteiger partial charge in [-0.3, -0.25) is 4.79 Å². The molecular formula is C36H41F3N4O6S2. The number of nitrogen functional groups attached to an aromatic ring is 1. The van der Waals surface area contributed by atoms with E-state index in [9.17, 15) is 23.1 Å². The van der Waals surface area contributed by atoms with E-state index >= 15 is 13.2 Å². The molecule has 4 aromatic rings. The molecule has 274 valence electrons. The van der Waals surface area contributed by atoms with Gasteiger partial charge in [-0.15, -0.1) is 11.3 Å². The van der Waals surface area contributed by atoms with Gasteiger partial charge >= 0.3 is 12.3 Å². The Labute approximate surface area is 299 Å². The van der Waals surface area contributed by atoms with E-state index in [-0.39, 0.29) is 27.1 Å². The molecule has 0 radical (unpaired) electrons. The highest BCUT2D eigenvalue weighted by Gasteiger charge is 2.52. The predicted octanol–water partition coefficient (Wildman–Crippen LogP) is 6.46. The molecule has 5 N–H and O–H groups in total. The van der Waals surface area contributed by atoms with E-state index in [2.05, 4.69) is 0 Å². The maximum absolute atomic E-state index is 15.1. The van der Waals surface area contributed by atoms with Crippen LogP contribution in [-0.4, -0.2) is 67.2 Å². The summed E-state index contributed by atoms with van der Waals surface area (Å²) >= 11 is 0.515. The number of ether oxygens (including phenoxy) is 1. The molecule has 15 heteroatoms. The van der Waals surface area contributed by atoms with Crippen molar-refractivity contribution in [2.75, 3.05) is 26.0 Å². The zero-order chi connectivity index (χ0) is 37.5. The van der Waals surface area contributed by atoms with Crippen LogP contribution in [0.3, 0.4) is 0 Å². The van der Waals surface area contributed by atoms with Gasteiger partial charge in [0.15, 0.2) is 6.04 Å². The highest BCUT2D eigenvalue weighted by Crippen LogP contribution is 2.44. The number of amides is 2. The SMILES string of the molecule is COC(=O)N(C(=O)[C@@H](N)C(c1ccccc1)c1ccccc1)[C@H](c1ccc([C@@H](CO)N(CCC(C)C)S(=O)(=O)c2ccc(N)cc2)s1)C(F)(F)F. The van der Waals surface area contributed by atoms with Gasteiger partial charge in [-0.05, 0) is 59.9 Å². The number of imide groups is 1. The van der Waals surface area contributed by atoms with Crippen molar-refractivity contribution >= 4 is 39.0 Å². The summed E-state index contributed by atoms with van der Waals surface area (Å²) in [4.78, 5) is 26.7. The molecule has 0 saturated carbocycles. The van der Waals surface area contributed by atoms with Crippen LogP contribution in [0.2, 0.25) is 0 Å². The Hall–Kier alpha value is -4.28. The van der Waals surface area contributed by atoms with Gasteiger partial charge in [-0.1, -0.05) is 74.5 Å². The van der Waals surface area contributed by atoms with Gasteiger partial charge in [-0.2, -0.15) is 17.5 Å². The first-order chi connectivity index (χ1) is 24.1. The van der Waals surface area contributed by atoms with Crippen LogP contribution >= 0.6 is 11.3 Å². The van der Waals surface area contributed by atoms with Gasteiger partial charge in [0.25, 0.3) is 5.91 Å². The van der Waals surface area contributed by atoms with Crippen LogP contribution < -0.4 is 11.5 Å². The third kappa shape index (κ3) is 9.15. The Morgan fingerprint density at radius 1 is 0.882 bits per heavy atom. The molecule has 4 rings (SSSR count). The number of hydrogen-bond acceptors (Lipinski definition) is 9. The number of hydrogen-bond donors (Lipinski definition) is 3. The Bertz CT molecular complexity index is 1820. The van der Waals surface area contributed by atoms with E-state index in [4.69, 9.17) is 16.2 Å². The third-order valence-electron chi connectivity index (χ3n) is 8.32. The first-order valence-electron chi connectivity index (χ1n) is 16.0. The standard InChI is InChI=1S/C36H41F3N4O6S2/c1-23(2)20-21-42(51(47,48)27-16-14-26(40)15-17-27)28(22-44)29-18-19-30(50-29)33(36(37,38)39)43(35(46)49-3)34(45)32(41)31(24-10-6-4-7-11-24)25-12-8-5-9-13-25/h4-19,23,28,31-33,44H,20-22,40-41H2,1-3H3/t28-,32+,33-/m1/s1. The Kier molecular flexibility index (Phi) is 13.0. The van der Waals surface area contributed by atoms with Crippen molar-refractivity contribution in [3.8, 4) is 0 Å². The van der Waals surface area contributed by atoms with E-state index < -0.39 is 63.7 Å². The number of nitrogens with two attached hydrogens (primary N) is 2. The monoisotopic (exact) mass is 746 g/mol. The second-order valence-electron chi connectivity index (χ2n) is 12.3. The summed E-state index contributed by atoms with van der Waals surface area (Å²) < 4.78 is 78.9. The molecular weight excluding hydrogens is 706 g/mol. The van der Waals surface area contributed by atoms with Gasteiger partial charge < -0.3 is 21.3 Å². The minimum absolute atomic E-state index is 0.0330. The number of alkyl halides is 3. The molecule has 0 aliphatic carbocycles. The molecule has 0 aliphatic heterocycles. The van der Waals surface area contributed by atoms with Gasteiger partial charge in [0, 0.05) is 27.9 Å². The number of carbonyl (C=O) groups excluding carboxylic acids is 2. The molecule has 2 amide bonds. The molecule has 0 fully saturated rings. The van der Waals surface area contributed by atoms with Crippen molar-refractivity contribution in [2.45, 2.75) is 55.4 Å². The van der Waals surface area contributed by atoms with Crippen LogP contribution in [0.1, 0.15) is 59.2 Å². The maximum atomic E-state index is 15.1. The predicted molar refractivity (Wildman–Crippen MR) is 189 cm³/mol. The Morgan fingerprint density at radius 2 is 1.41 bits per heavy atom. The van der Waals surface area contributed by atoms with Gasteiger partial charge in [0.1, 0.15) is 0 Å². The minimum Gasteiger partial charge on any atom is -0.452 e. The van der Waals surface area contributed by atoms with Crippen molar-refractivity contribution < 1.29 is 41.0 Å². The number of aliphatic hydroxyl groups is 1. The zero-order valence-corrected chi connectivity index (χ0v) is 29.9. The number of thiophene rings is 1. The summed E-state index contributed by atoms with van der Waals surface area (Å²) in [5, 5.41) is 10.6. The number of rotatable bonds is 14. The average molecular weight is 747 g/mol. The fourth-order valence-electron chi connectivity index (χ4n) is 5.71. The molecule has 10 nitrogen and oxygen atoms in total. The third-order valence-corrected chi connectivity index (χ3v) is 11.5. The minimum atomic E-state index is -5.22. The molecule has 0 spiro atoms. The Balaban J connectivity index is 1.80. The molecule has 3 aromatic carbocycles. The lowest BCUT2D eigenvalue weighted by atomic mass is 9.84. The number of halogens is 3. The number of nitrogens with zero attached hydrogens (tertiary/aromatic N) is 2. The molecule has 1 heterocycles. The fraction of sp³-hybridized carbons (Fsp3) is 0.333. The van der Waals surface area contributed by atoms with Crippen molar-refractivity contribution in [1.29, 1.82) is 0 Å². The van der Waals surface area contributed by atoms with Crippen LogP contribution in [0.5, 0.6) is 0 Å². The van der Waals surface area contributed by atoms with Crippen LogP contribution in [0.15, 0.2) is 102 Å². The lowest BCUT2D eigenvalue weighted by Crippen LogP contribution is -2.53. The van der Waals surface area contributed by atoms with Gasteiger partial charge in [0.2, 0.25) is 10.0 Å². The van der Waals surface area contributed by atoms with Crippen LogP contribution in [-0.2, 0) is 19.6 Å². The fourth-order valence-corrected chi connectivity index (χ4v) is 8.62. The summed E-state index contributed by atoms with van der Waals surface area (Å²) in [6.07, 6.45) is -6.43. The molecule has 0 bridgehead atoms. The zero-order valence-electron chi connectivity index (χ0n) is 28.2. The maximum Gasteiger partial charge on any atom is 0.417 e. The quantitative estimate of drug-likeness (QED) is 0.124. The number of anilines is 1. The second-order valence-corrected chi connectivity index (χ2v) is 15.3. The highest BCUT2D eigenvalue weighted by atomic mass is 32.2. The molecule has 0 unspecified atom stereocenters. The second kappa shape index (κ2) is 16.8. The van der Waals surface area contributed by atoms with E-state index in [1.54, 1.807) is 60.7 Å². The molecule has 1 aromatic heterocycles. The van der Waals surface area contributed by atoms with E-state index in [1.165, 1.54) is 30.3 Å². The topological polar surface area (TPSA) is 156 Å². The number of aliphatic hydroxyl groups excluding tert-OH is 1. The van der Waals surface area contributed by atoms with Crippen molar-refractivity contribution in [2.24, 2.45) is 11.7 Å². The first kappa shape index (κ1) is 39.5. The largest absolute Gasteiger partial charge is 0.452 e. The van der Waals surface area contributed by atoms with Crippen molar-refractivity contribution in [1.82, 2.24) is 9.21 Å². The van der Waals surface area contributed by atoms with Crippen LogP contribution in [0.4, 0.5) is 23.7 Å². The molecule has 0 saturated heterocycles. The number of methoxy groups -OCH3 is 1. The average Bonchev–Trinajstić information content (AvgIpc) is 3.57. The number of benzene rings is 3. The van der Waals surface area contributed by atoms with E-state index in [0.29, 0.717) is 34.6 Å².